The fraction of sp³-hybridized carbons (Fsp3) is 0.263. The van der Waals surface area contributed by atoms with E-state index in [9.17, 15) is 19.7 Å². The topological polar surface area (TPSA) is 105 Å². The van der Waals surface area contributed by atoms with Gasteiger partial charge in [0, 0.05) is 29.4 Å². The third kappa shape index (κ3) is 4.22. The summed E-state index contributed by atoms with van der Waals surface area (Å²) in [7, 11) is 0. The van der Waals surface area contributed by atoms with Crippen LogP contribution in [0, 0.1) is 17.0 Å². The number of carbonyl (C=O) groups excluding carboxylic acids is 2. The molecule has 0 saturated carbocycles. The number of fused-ring (bicyclic) bond motifs is 1. The Morgan fingerprint density at radius 1 is 1.19 bits per heavy atom. The van der Waals surface area contributed by atoms with Gasteiger partial charge in [0.2, 0.25) is 0 Å². The Balaban J connectivity index is 1.59. The smallest absolute Gasteiger partial charge is 0.273 e. The molecule has 0 aromatic heterocycles. The number of nitrogens with one attached hydrogen (secondary N) is 2. The number of hydrazine groups is 1. The van der Waals surface area contributed by atoms with Gasteiger partial charge in [0.1, 0.15) is 0 Å². The van der Waals surface area contributed by atoms with E-state index in [4.69, 9.17) is 0 Å². The van der Waals surface area contributed by atoms with Crippen molar-refractivity contribution in [3.63, 3.8) is 0 Å². The van der Waals surface area contributed by atoms with E-state index in [-0.39, 0.29) is 23.7 Å². The Labute approximate surface area is 156 Å². The summed E-state index contributed by atoms with van der Waals surface area (Å²) in [5.41, 5.74) is 7.34. The van der Waals surface area contributed by atoms with Gasteiger partial charge in [-0.3, -0.25) is 30.6 Å². The van der Waals surface area contributed by atoms with E-state index >= 15 is 0 Å². The number of hydrogen-bond acceptors (Lipinski definition) is 5. The number of carbonyl (C=O) groups is 2. The van der Waals surface area contributed by atoms with Crippen LogP contribution in [0.15, 0.2) is 42.5 Å². The van der Waals surface area contributed by atoms with Crippen molar-refractivity contribution in [3.05, 3.63) is 69.3 Å². The van der Waals surface area contributed by atoms with Crippen LogP contribution < -0.4 is 15.8 Å². The number of nitro groups is 1. The quantitative estimate of drug-likeness (QED) is 0.635. The van der Waals surface area contributed by atoms with Gasteiger partial charge in [-0.15, -0.1) is 0 Å². The molecule has 0 radical (unpaired) electrons. The van der Waals surface area contributed by atoms with Crippen molar-refractivity contribution < 1.29 is 14.5 Å². The van der Waals surface area contributed by atoms with Crippen LogP contribution in [0.25, 0.3) is 0 Å². The second kappa shape index (κ2) is 7.86. The van der Waals surface area contributed by atoms with Crippen molar-refractivity contribution in [2.75, 3.05) is 18.0 Å². The van der Waals surface area contributed by atoms with E-state index in [1.54, 1.807) is 6.92 Å². The predicted octanol–water partition coefficient (Wildman–Crippen LogP) is 2.12. The lowest BCUT2D eigenvalue weighted by atomic mass is 10.0. The molecule has 2 aromatic carbocycles. The van der Waals surface area contributed by atoms with E-state index in [1.807, 2.05) is 29.2 Å². The van der Waals surface area contributed by atoms with E-state index in [1.165, 1.54) is 23.8 Å². The monoisotopic (exact) mass is 368 g/mol. The molecule has 2 N–H and O–H groups in total. The van der Waals surface area contributed by atoms with Crippen molar-refractivity contribution in [3.8, 4) is 0 Å². The number of anilines is 1. The number of aryl methyl sites for hydroxylation is 2. The summed E-state index contributed by atoms with van der Waals surface area (Å²) in [5, 5.41) is 11.0. The summed E-state index contributed by atoms with van der Waals surface area (Å²) in [6.07, 6.45) is 1.95. The van der Waals surface area contributed by atoms with Gasteiger partial charge in [-0.2, -0.15) is 0 Å². The number of rotatable bonds is 4. The van der Waals surface area contributed by atoms with Gasteiger partial charge in [-0.1, -0.05) is 24.3 Å². The van der Waals surface area contributed by atoms with Gasteiger partial charge in [-0.05, 0) is 37.5 Å². The molecule has 2 aromatic rings. The summed E-state index contributed by atoms with van der Waals surface area (Å²) in [6.45, 7) is 2.48. The lowest BCUT2D eigenvalue weighted by Crippen LogP contribution is -2.47. The second-order valence-electron chi connectivity index (χ2n) is 6.41. The van der Waals surface area contributed by atoms with Crippen LogP contribution in [-0.2, 0) is 11.2 Å². The minimum absolute atomic E-state index is 0.107. The Bertz CT molecular complexity index is 897. The molecule has 2 amide bonds. The molecule has 1 heterocycles. The molecule has 0 aliphatic carbocycles. The Morgan fingerprint density at radius 3 is 2.74 bits per heavy atom. The van der Waals surface area contributed by atoms with Crippen molar-refractivity contribution in [1.82, 2.24) is 10.9 Å². The first-order valence-electron chi connectivity index (χ1n) is 8.63. The molecule has 0 atom stereocenters. The number of para-hydroxylation sites is 1. The fourth-order valence-electron chi connectivity index (χ4n) is 3.13. The first kappa shape index (κ1) is 18.4. The van der Waals surface area contributed by atoms with Gasteiger partial charge in [-0.25, -0.2) is 0 Å². The Kier molecular flexibility index (Phi) is 5.35. The third-order valence-electron chi connectivity index (χ3n) is 4.52. The zero-order valence-electron chi connectivity index (χ0n) is 14.9. The summed E-state index contributed by atoms with van der Waals surface area (Å²) in [6, 6.07) is 12.1. The number of nitro benzene ring substituents is 1. The van der Waals surface area contributed by atoms with Crippen LogP contribution >= 0.6 is 0 Å². The van der Waals surface area contributed by atoms with Gasteiger partial charge < -0.3 is 4.90 Å². The largest absolute Gasteiger partial charge is 0.362 e. The maximum atomic E-state index is 12.2. The maximum Gasteiger partial charge on any atom is 0.273 e. The Morgan fingerprint density at radius 2 is 1.96 bits per heavy atom. The predicted molar refractivity (Wildman–Crippen MR) is 100 cm³/mol. The number of benzene rings is 2. The van der Waals surface area contributed by atoms with Crippen molar-refractivity contribution >= 4 is 23.2 Å². The zero-order valence-corrected chi connectivity index (χ0v) is 14.9. The SMILES string of the molecule is Cc1ccc(C(=O)NNC(=O)CN2CCCc3ccccc32)cc1[N+](=O)[O-]. The first-order valence-corrected chi connectivity index (χ1v) is 8.63. The van der Waals surface area contributed by atoms with Crippen LogP contribution in [0.3, 0.4) is 0 Å². The lowest BCUT2D eigenvalue weighted by Gasteiger charge is -2.30. The van der Waals surface area contributed by atoms with Gasteiger partial charge >= 0.3 is 0 Å². The average Bonchev–Trinajstić information content (AvgIpc) is 2.66. The molecular formula is C19H20N4O4. The third-order valence-corrected chi connectivity index (χ3v) is 4.52. The molecule has 3 rings (SSSR count). The molecule has 0 fully saturated rings. The molecule has 0 spiro atoms. The summed E-state index contributed by atoms with van der Waals surface area (Å²) in [5.74, 6) is -0.966. The highest BCUT2D eigenvalue weighted by Crippen LogP contribution is 2.26. The molecule has 1 aliphatic heterocycles. The molecule has 0 saturated heterocycles. The number of amides is 2. The van der Waals surface area contributed by atoms with Crippen LogP contribution in [0.4, 0.5) is 11.4 Å². The zero-order chi connectivity index (χ0) is 19.4. The van der Waals surface area contributed by atoms with Crippen LogP contribution in [0.2, 0.25) is 0 Å². The fourth-order valence-corrected chi connectivity index (χ4v) is 3.13. The number of nitrogens with zero attached hydrogens (tertiary/aromatic N) is 2. The molecule has 0 unspecified atom stereocenters. The molecule has 140 valence electrons. The minimum Gasteiger partial charge on any atom is -0.362 e. The first-order chi connectivity index (χ1) is 13.0. The molecule has 8 nitrogen and oxygen atoms in total. The van der Waals surface area contributed by atoms with Crippen molar-refractivity contribution in [2.45, 2.75) is 19.8 Å². The maximum absolute atomic E-state index is 12.2. The normalized spacial score (nSPS) is 12.9. The van der Waals surface area contributed by atoms with Crippen LogP contribution in [-0.4, -0.2) is 29.8 Å². The average molecular weight is 368 g/mol. The summed E-state index contributed by atoms with van der Waals surface area (Å²) < 4.78 is 0. The van der Waals surface area contributed by atoms with E-state index in [2.05, 4.69) is 10.9 Å². The molecular weight excluding hydrogens is 348 g/mol. The number of hydrogen-bond donors (Lipinski definition) is 2. The van der Waals surface area contributed by atoms with Gasteiger partial charge in [0.25, 0.3) is 17.5 Å². The van der Waals surface area contributed by atoms with Crippen molar-refractivity contribution in [1.29, 1.82) is 0 Å². The molecule has 1 aliphatic rings. The van der Waals surface area contributed by atoms with Gasteiger partial charge in [0.05, 0.1) is 11.5 Å². The van der Waals surface area contributed by atoms with Crippen molar-refractivity contribution in [2.24, 2.45) is 0 Å². The highest BCUT2D eigenvalue weighted by molar-refractivity contribution is 5.96. The standard InChI is InChI=1S/C19H20N4O4/c1-13-8-9-15(11-17(13)23(26)27)19(25)21-20-18(24)12-22-10-4-6-14-5-2-3-7-16(14)22/h2-3,5,7-9,11H,4,6,10,12H2,1H3,(H,20,24)(H,21,25). The Hall–Kier alpha value is -3.42. The highest BCUT2D eigenvalue weighted by atomic mass is 16.6. The van der Waals surface area contributed by atoms with E-state index in [0.717, 1.165) is 25.1 Å². The van der Waals surface area contributed by atoms with Crippen LogP contribution in [0.5, 0.6) is 0 Å². The van der Waals surface area contributed by atoms with Gasteiger partial charge in [0.15, 0.2) is 0 Å². The molecule has 27 heavy (non-hydrogen) atoms. The summed E-state index contributed by atoms with van der Waals surface area (Å²) >= 11 is 0. The minimum atomic E-state index is -0.606. The van der Waals surface area contributed by atoms with E-state index in [0.29, 0.717) is 5.56 Å². The van der Waals surface area contributed by atoms with Crippen LogP contribution in [0.1, 0.15) is 27.9 Å². The lowest BCUT2D eigenvalue weighted by molar-refractivity contribution is -0.385. The molecule has 0 bridgehead atoms. The van der Waals surface area contributed by atoms with E-state index < -0.39 is 10.8 Å². The highest BCUT2D eigenvalue weighted by Gasteiger charge is 2.19. The second-order valence-corrected chi connectivity index (χ2v) is 6.41. The molecule has 8 heteroatoms. The summed E-state index contributed by atoms with van der Waals surface area (Å²) in [4.78, 5) is 36.8.